The van der Waals surface area contributed by atoms with Crippen molar-refractivity contribution in [2.45, 2.75) is 46.3 Å². The maximum absolute atomic E-state index is 11.6. The molecule has 0 bridgehead atoms. The Labute approximate surface area is 92.6 Å². The molecule has 0 aliphatic carbocycles. The van der Waals surface area contributed by atoms with Crippen LogP contribution in [0.5, 0.6) is 0 Å². The van der Waals surface area contributed by atoms with Crippen LogP contribution >= 0.6 is 0 Å². The standard InChI is InChI=1S/C11H24N2O2/c1-5-15-9(4)11(14)13-10(7-12)6-8(2)3/h8-10H,5-7,12H2,1-4H3,(H,13,14). The summed E-state index contributed by atoms with van der Waals surface area (Å²) in [7, 11) is 0. The molecule has 0 rings (SSSR count). The first kappa shape index (κ1) is 14.4. The van der Waals surface area contributed by atoms with E-state index in [1.165, 1.54) is 0 Å². The van der Waals surface area contributed by atoms with Crippen LogP contribution in [0.2, 0.25) is 0 Å². The average molecular weight is 216 g/mol. The summed E-state index contributed by atoms with van der Waals surface area (Å²) in [6, 6.07) is 0.0559. The first-order valence-corrected chi connectivity index (χ1v) is 5.63. The van der Waals surface area contributed by atoms with Crippen LogP contribution < -0.4 is 11.1 Å². The largest absolute Gasteiger partial charge is 0.369 e. The van der Waals surface area contributed by atoms with Gasteiger partial charge in [-0.1, -0.05) is 13.8 Å². The predicted molar refractivity (Wildman–Crippen MR) is 61.5 cm³/mol. The Hall–Kier alpha value is -0.610. The van der Waals surface area contributed by atoms with E-state index in [1.54, 1.807) is 6.92 Å². The second-order valence-electron chi connectivity index (χ2n) is 4.17. The molecule has 4 heteroatoms. The molecule has 0 aromatic carbocycles. The van der Waals surface area contributed by atoms with Crippen LogP contribution in [0.1, 0.15) is 34.1 Å². The number of ether oxygens (including phenoxy) is 1. The third-order valence-corrected chi connectivity index (χ3v) is 2.17. The van der Waals surface area contributed by atoms with Gasteiger partial charge in [0.05, 0.1) is 0 Å². The molecule has 0 aliphatic rings. The lowest BCUT2D eigenvalue weighted by Crippen LogP contribution is -2.45. The summed E-state index contributed by atoms with van der Waals surface area (Å²) in [5.41, 5.74) is 5.59. The number of carbonyl (C=O) groups excluding carboxylic acids is 1. The Bertz CT molecular complexity index is 183. The SMILES string of the molecule is CCOC(C)C(=O)NC(CN)CC(C)C. The third kappa shape index (κ3) is 6.47. The molecule has 2 unspecified atom stereocenters. The van der Waals surface area contributed by atoms with Gasteiger partial charge in [0.1, 0.15) is 6.10 Å². The Balaban J connectivity index is 4.00. The average Bonchev–Trinajstić information content (AvgIpc) is 2.16. The van der Waals surface area contributed by atoms with E-state index in [1.807, 2.05) is 6.92 Å². The van der Waals surface area contributed by atoms with E-state index < -0.39 is 6.10 Å². The van der Waals surface area contributed by atoms with Crippen molar-refractivity contribution in [3.8, 4) is 0 Å². The van der Waals surface area contributed by atoms with Crippen LogP contribution in [0.15, 0.2) is 0 Å². The topological polar surface area (TPSA) is 64.3 Å². The van der Waals surface area contributed by atoms with Crippen LogP contribution in [0, 0.1) is 5.92 Å². The van der Waals surface area contributed by atoms with Gasteiger partial charge in [-0.2, -0.15) is 0 Å². The highest BCUT2D eigenvalue weighted by molar-refractivity contribution is 5.80. The van der Waals surface area contributed by atoms with Gasteiger partial charge in [0.25, 0.3) is 0 Å². The van der Waals surface area contributed by atoms with Crippen LogP contribution in [0.25, 0.3) is 0 Å². The first-order valence-electron chi connectivity index (χ1n) is 5.63. The monoisotopic (exact) mass is 216 g/mol. The second kappa shape index (κ2) is 7.65. The van der Waals surface area contributed by atoms with Crippen molar-refractivity contribution in [2.24, 2.45) is 11.7 Å². The van der Waals surface area contributed by atoms with Gasteiger partial charge in [-0.3, -0.25) is 4.79 Å². The van der Waals surface area contributed by atoms with E-state index in [-0.39, 0.29) is 11.9 Å². The Morgan fingerprint density at radius 2 is 2.00 bits per heavy atom. The van der Waals surface area contributed by atoms with Crippen molar-refractivity contribution in [3.63, 3.8) is 0 Å². The maximum atomic E-state index is 11.6. The van der Waals surface area contributed by atoms with Gasteiger partial charge in [0, 0.05) is 19.2 Å². The van der Waals surface area contributed by atoms with Gasteiger partial charge in [0.15, 0.2) is 0 Å². The van der Waals surface area contributed by atoms with Crippen molar-refractivity contribution in [1.82, 2.24) is 5.32 Å². The fourth-order valence-electron chi connectivity index (χ4n) is 1.43. The van der Waals surface area contributed by atoms with E-state index >= 15 is 0 Å². The van der Waals surface area contributed by atoms with E-state index in [0.717, 1.165) is 6.42 Å². The second-order valence-corrected chi connectivity index (χ2v) is 4.17. The molecule has 0 radical (unpaired) electrons. The van der Waals surface area contributed by atoms with Crippen molar-refractivity contribution in [1.29, 1.82) is 0 Å². The van der Waals surface area contributed by atoms with Crippen molar-refractivity contribution in [2.75, 3.05) is 13.2 Å². The molecule has 0 spiro atoms. The lowest BCUT2D eigenvalue weighted by atomic mass is 10.0. The molecule has 0 heterocycles. The molecule has 3 N–H and O–H groups in total. The Kier molecular flexibility index (Phi) is 7.34. The zero-order valence-corrected chi connectivity index (χ0v) is 10.2. The number of amides is 1. The highest BCUT2D eigenvalue weighted by Crippen LogP contribution is 2.04. The minimum Gasteiger partial charge on any atom is -0.369 e. The van der Waals surface area contributed by atoms with Crippen LogP contribution in [-0.4, -0.2) is 31.2 Å². The number of nitrogens with one attached hydrogen (secondary N) is 1. The van der Waals surface area contributed by atoms with Crippen LogP contribution in [0.3, 0.4) is 0 Å². The summed E-state index contributed by atoms with van der Waals surface area (Å²) < 4.78 is 5.20. The third-order valence-electron chi connectivity index (χ3n) is 2.17. The van der Waals surface area contributed by atoms with E-state index in [4.69, 9.17) is 10.5 Å². The molecule has 0 saturated carbocycles. The molecule has 15 heavy (non-hydrogen) atoms. The smallest absolute Gasteiger partial charge is 0.249 e. The summed E-state index contributed by atoms with van der Waals surface area (Å²) in [5.74, 6) is 0.453. The number of nitrogens with two attached hydrogens (primary N) is 1. The van der Waals surface area contributed by atoms with Gasteiger partial charge in [-0.25, -0.2) is 0 Å². The number of rotatable bonds is 7. The molecule has 0 fully saturated rings. The van der Waals surface area contributed by atoms with Gasteiger partial charge < -0.3 is 15.8 Å². The normalized spacial score (nSPS) is 15.1. The number of hydrogen-bond acceptors (Lipinski definition) is 3. The molecule has 90 valence electrons. The Morgan fingerprint density at radius 1 is 1.40 bits per heavy atom. The number of carbonyl (C=O) groups is 1. The molecule has 2 atom stereocenters. The minimum atomic E-state index is -0.392. The summed E-state index contributed by atoms with van der Waals surface area (Å²) in [4.78, 5) is 11.6. The zero-order chi connectivity index (χ0) is 11.8. The van der Waals surface area contributed by atoms with Crippen molar-refractivity contribution < 1.29 is 9.53 Å². The first-order chi connectivity index (χ1) is 7.01. The molecular formula is C11H24N2O2. The van der Waals surface area contributed by atoms with Gasteiger partial charge >= 0.3 is 0 Å². The molecular weight excluding hydrogens is 192 g/mol. The van der Waals surface area contributed by atoms with Crippen molar-refractivity contribution in [3.05, 3.63) is 0 Å². The number of hydrogen-bond donors (Lipinski definition) is 2. The van der Waals surface area contributed by atoms with Crippen LogP contribution in [-0.2, 0) is 9.53 Å². The zero-order valence-electron chi connectivity index (χ0n) is 10.2. The van der Waals surface area contributed by atoms with E-state index in [9.17, 15) is 4.79 Å². The highest BCUT2D eigenvalue weighted by Gasteiger charge is 2.17. The minimum absolute atomic E-state index is 0.0559. The molecule has 4 nitrogen and oxygen atoms in total. The quantitative estimate of drug-likeness (QED) is 0.664. The fourth-order valence-corrected chi connectivity index (χ4v) is 1.43. The fraction of sp³-hybridized carbons (Fsp3) is 0.909. The molecule has 0 aromatic rings. The molecule has 0 saturated heterocycles. The predicted octanol–water partition coefficient (Wildman–Crippen LogP) is 0.901. The van der Waals surface area contributed by atoms with Gasteiger partial charge in [-0.05, 0) is 26.2 Å². The Morgan fingerprint density at radius 3 is 2.40 bits per heavy atom. The maximum Gasteiger partial charge on any atom is 0.249 e. The van der Waals surface area contributed by atoms with E-state index in [2.05, 4.69) is 19.2 Å². The molecule has 0 aromatic heterocycles. The highest BCUT2D eigenvalue weighted by atomic mass is 16.5. The lowest BCUT2D eigenvalue weighted by molar-refractivity contribution is -0.132. The lowest BCUT2D eigenvalue weighted by Gasteiger charge is -2.21. The van der Waals surface area contributed by atoms with Gasteiger partial charge in [-0.15, -0.1) is 0 Å². The van der Waals surface area contributed by atoms with Crippen LogP contribution in [0.4, 0.5) is 0 Å². The van der Waals surface area contributed by atoms with E-state index in [0.29, 0.717) is 19.1 Å². The van der Waals surface area contributed by atoms with Gasteiger partial charge in [0.2, 0.25) is 5.91 Å². The molecule has 1 amide bonds. The summed E-state index contributed by atoms with van der Waals surface area (Å²) >= 11 is 0. The summed E-state index contributed by atoms with van der Waals surface area (Å²) in [6.07, 6.45) is 0.511. The molecule has 0 aliphatic heterocycles. The summed E-state index contributed by atoms with van der Waals surface area (Å²) in [6.45, 7) is 8.87. The van der Waals surface area contributed by atoms with Crippen molar-refractivity contribution >= 4 is 5.91 Å². The summed E-state index contributed by atoms with van der Waals surface area (Å²) in [5, 5.41) is 2.89.